The number of nitrogens with zero attached hydrogens (tertiary/aromatic N) is 3. The van der Waals surface area contributed by atoms with Crippen LogP contribution in [0, 0.1) is 0 Å². The van der Waals surface area contributed by atoms with Crippen molar-refractivity contribution in [2.45, 2.75) is 11.7 Å². The quantitative estimate of drug-likeness (QED) is 0.489. The lowest BCUT2D eigenvalue weighted by Crippen LogP contribution is -2.13. The topological polar surface area (TPSA) is 64.8 Å². The van der Waals surface area contributed by atoms with E-state index in [4.69, 9.17) is 0 Å². The zero-order valence-corrected chi connectivity index (χ0v) is 13.6. The Morgan fingerprint density at radius 3 is 2.08 bits per heavy atom. The molecule has 0 radical (unpaired) electrons. The summed E-state index contributed by atoms with van der Waals surface area (Å²) in [6.45, 7) is 0.103. The predicted octanol–water partition coefficient (Wildman–Crippen LogP) is 3.14. The maximum Gasteiger partial charge on any atom is 0.186 e. The van der Waals surface area contributed by atoms with Gasteiger partial charge in [0, 0.05) is 11.1 Å². The molecule has 1 aromatic heterocycles. The Hall–Kier alpha value is -2.73. The van der Waals surface area contributed by atoms with Crippen LogP contribution in [0.2, 0.25) is 0 Å². The van der Waals surface area contributed by atoms with Crippen LogP contribution in [0.4, 0.5) is 0 Å². The van der Waals surface area contributed by atoms with E-state index in [1.807, 2.05) is 36.4 Å². The molecule has 0 aliphatic heterocycles. The van der Waals surface area contributed by atoms with Crippen molar-refractivity contribution in [2.24, 2.45) is 0 Å². The zero-order valence-electron chi connectivity index (χ0n) is 12.8. The molecule has 0 saturated heterocycles. The van der Waals surface area contributed by atoms with Gasteiger partial charge in [0.25, 0.3) is 0 Å². The standard InChI is InChI=1S/C18H15N3O2S/c22-16(14-7-3-1-4-8-14)11-21-18(19-13-20-21)24-12-17(23)15-9-5-2-6-10-15/h1-10,13H,11-12H2. The maximum atomic E-state index is 12.3. The zero-order chi connectivity index (χ0) is 16.8. The van der Waals surface area contributed by atoms with E-state index in [0.717, 1.165) is 0 Å². The van der Waals surface area contributed by atoms with Gasteiger partial charge in [-0.3, -0.25) is 9.59 Å². The van der Waals surface area contributed by atoms with Gasteiger partial charge in [0.1, 0.15) is 12.9 Å². The van der Waals surface area contributed by atoms with Crippen LogP contribution < -0.4 is 0 Å². The average molecular weight is 337 g/mol. The number of hydrogen-bond donors (Lipinski definition) is 0. The van der Waals surface area contributed by atoms with Crippen molar-refractivity contribution in [3.8, 4) is 0 Å². The number of carbonyl (C=O) groups excluding carboxylic acids is 2. The molecule has 0 unspecified atom stereocenters. The van der Waals surface area contributed by atoms with E-state index in [2.05, 4.69) is 10.1 Å². The van der Waals surface area contributed by atoms with Crippen molar-refractivity contribution in [2.75, 3.05) is 5.75 Å². The summed E-state index contributed by atoms with van der Waals surface area (Å²) in [5.41, 5.74) is 1.29. The van der Waals surface area contributed by atoms with Crippen LogP contribution in [0.3, 0.4) is 0 Å². The van der Waals surface area contributed by atoms with Crippen LogP contribution in [-0.4, -0.2) is 32.1 Å². The number of hydrogen-bond acceptors (Lipinski definition) is 5. The molecule has 0 atom stereocenters. The summed E-state index contributed by atoms with van der Waals surface area (Å²) < 4.78 is 1.53. The first-order chi connectivity index (χ1) is 11.7. The fraction of sp³-hybridized carbons (Fsp3) is 0.111. The van der Waals surface area contributed by atoms with Crippen LogP contribution in [0.5, 0.6) is 0 Å². The van der Waals surface area contributed by atoms with Crippen LogP contribution in [-0.2, 0) is 6.54 Å². The van der Waals surface area contributed by atoms with E-state index in [1.54, 1.807) is 24.3 Å². The van der Waals surface area contributed by atoms with Crippen LogP contribution in [0.25, 0.3) is 0 Å². The van der Waals surface area contributed by atoms with Gasteiger partial charge in [-0.25, -0.2) is 9.67 Å². The summed E-state index contributed by atoms with van der Waals surface area (Å²) in [4.78, 5) is 28.5. The van der Waals surface area contributed by atoms with E-state index < -0.39 is 0 Å². The molecule has 0 aliphatic rings. The fourth-order valence-electron chi connectivity index (χ4n) is 2.16. The van der Waals surface area contributed by atoms with Gasteiger partial charge in [-0.15, -0.1) is 0 Å². The first-order valence-electron chi connectivity index (χ1n) is 7.41. The Kier molecular flexibility index (Phi) is 5.18. The van der Waals surface area contributed by atoms with E-state index >= 15 is 0 Å². The number of ketones is 2. The second-order valence-corrected chi connectivity index (χ2v) is 6.01. The molecule has 2 aromatic carbocycles. The highest BCUT2D eigenvalue weighted by atomic mass is 32.2. The molecule has 0 saturated carbocycles. The van der Waals surface area contributed by atoms with Gasteiger partial charge < -0.3 is 0 Å². The van der Waals surface area contributed by atoms with Gasteiger partial charge >= 0.3 is 0 Å². The molecule has 1 heterocycles. The fourth-order valence-corrected chi connectivity index (χ4v) is 2.97. The predicted molar refractivity (Wildman–Crippen MR) is 92.3 cm³/mol. The third-order valence-electron chi connectivity index (χ3n) is 3.40. The molecule has 5 nitrogen and oxygen atoms in total. The Bertz CT molecular complexity index is 832. The summed E-state index contributed by atoms with van der Waals surface area (Å²) in [6, 6.07) is 18.1. The summed E-state index contributed by atoms with van der Waals surface area (Å²) >= 11 is 1.28. The Labute approximate surface area is 143 Å². The molecule has 0 fully saturated rings. The minimum absolute atomic E-state index is 0.0181. The van der Waals surface area contributed by atoms with Crippen LogP contribution in [0.1, 0.15) is 20.7 Å². The minimum atomic E-state index is -0.0441. The largest absolute Gasteiger partial charge is 0.293 e. The molecule has 0 aliphatic carbocycles. The average Bonchev–Trinajstić information content (AvgIpc) is 3.08. The number of Topliss-reactive ketones (excluding diaryl/α,β-unsaturated/α-hetero) is 2. The molecular formula is C18H15N3O2S. The number of rotatable bonds is 7. The summed E-state index contributed by atoms with van der Waals surface area (Å²) in [6.07, 6.45) is 1.40. The number of aromatic nitrogens is 3. The maximum absolute atomic E-state index is 12.3. The van der Waals surface area contributed by atoms with Crippen molar-refractivity contribution in [1.29, 1.82) is 0 Å². The van der Waals surface area contributed by atoms with Gasteiger partial charge in [-0.1, -0.05) is 72.4 Å². The van der Waals surface area contributed by atoms with Crippen molar-refractivity contribution < 1.29 is 9.59 Å². The Morgan fingerprint density at radius 1 is 0.875 bits per heavy atom. The van der Waals surface area contributed by atoms with Gasteiger partial charge in [-0.2, -0.15) is 5.10 Å². The molecule has 24 heavy (non-hydrogen) atoms. The van der Waals surface area contributed by atoms with Gasteiger partial charge in [0.15, 0.2) is 16.7 Å². The molecule has 120 valence electrons. The van der Waals surface area contributed by atoms with Gasteiger partial charge in [0.2, 0.25) is 0 Å². The minimum Gasteiger partial charge on any atom is -0.293 e. The molecule has 0 amide bonds. The number of benzene rings is 2. The lowest BCUT2D eigenvalue weighted by molar-refractivity contribution is 0.0963. The molecule has 0 bridgehead atoms. The van der Waals surface area contributed by atoms with Crippen LogP contribution >= 0.6 is 11.8 Å². The van der Waals surface area contributed by atoms with E-state index in [1.165, 1.54) is 22.8 Å². The highest BCUT2D eigenvalue weighted by Crippen LogP contribution is 2.17. The number of thioether (sulfide) groups is 1. The van der Waals surface area contributed by atoms with E-state index in [0.29, 0.717) is 16.3 Å². The summed E-state index contributed by atoms with van der Waals surface area (Å²) in [5.74, 6) is 0.226. The Morgan fingerprint density at radius 2 is 1.46 bits per heavy atom. The molecule has 0 N–H and O–H groups in total. The second-order valence-electron chi connectivity index (χ2n) is 5.07. The van der Waals surface area contributed by atoms with Gasteiger partial charge in [-0.05, 0) is 0 Å². The summed E-state index contributed by atoms with van der Waals surface area (Å²) in [7, 11) is 0. The summed E-state index contributed by atoms with van der Waals surface area (Å²) in [5, 5.41) is 4.64. The molecule has 0 spiro atoms. The normalized spacial score (nSPS) is 10.5. The van der Waals surface area contributed by atoms with Crippen molar-refractivity contribution >= 4 is 23.3 Å². The SMILES string of the molecule is O=C(CSc1ncnn1CC(=O)c1ccccc1)c1ccccc1. The highest BCUT2D eigenvalue weighted by Gasteiger charge is 2.13. The van der Waals surface area contributed by atoms with E-state index in [-0.39, 0.29) is 23.9 Å². The van der Waals surface area contributed by atoms with E-state index in [9.17, 15) is 9.59 Å². The molecule has 3 aromatic rings. The third-order valence-corrected chi connectivity index (χ3v) is 4.38. The van der Waals surface area contributed by atoms with Gasteiger partial charge in [0.05, 0.1) is 5.75 Å². The van der Waals surface area contributed by atoms with Crippen molar-refractivity contribution in [3.05, 3.63) is 78.1 Å². The monoisotopic (exact) mass is 337 g/mol. The number of carbonyl (C=O) groups is 2. The lowest BCUT2D eigenvalue weighted by atomic mass is 10.1. The first-order valence-corrected chi connectivity index (χ1v) is 8.39. The lowest BCUT2D eigenvalue weighted by Gasteiger charge is -2.05. The highest BCUT2D eigenvalue weighted by molar-refractivity contribution is 7.99. The smallest absolute Gasteiger partial charge is 0.186 e. The first kappa shape index (κ1) is 16.1. The molecular weight excluding hydrogens is 322 g/mol. The second kappa shape index (κ2) is 7.70. The Balaban J connectivity index is 1.63. The molecule has 3 rings (SSSR count). The van der Waals surface area contributed by atoms with Crippen molar-refractivity contribution in [1.82, 2.24) is 14.8 Å². The third kappa shape index (κ3) is 3.97. The van der Waals surface area contributed by atoms with Crippen LogP contribution in [0.15, 0.2) is 72.1 Å². The molecule has 6 heteroatoms. The van der Waals surface area contributed by atoms with Crippen molar-refractivity contribution in [3.63, 3.8) is 0 Å².